The summed E-state index contributed by atoms with van der Waals surface area (Å²) >= 11 is 0. The van der Waals surface area contributed by atoms with Crippen molar-refractivity contribution < 1.29 is 14.7 Å². The van der Waals surface area contributed by atoms with E-state index in [1.165, 1.54) is 0 Å². The van der Waals surface area contributed by atoms with Crippen LogP contribution in [-0.2, 0) is 9.59 Å². The Labute approximate surface area is 114 Å². The number of amides is 1. The summed E-state index contributed by atoms with van der Waals surface area (Å²) in [5.41, 5.74) is 2.81. The van der Waals surface area contributed by atoms with Gasteiger partial charge in [-0.25, -0.2) is 0 Å². The van der Waals surface area contributed by atoms with E-state index in [9.17, 15) is 9.59 Å². The van der Waals surface area contributed by atoms with Gasteiger partial charge in [-0.3, -0.25) is 9.59 Å². The van der Waals surface area contributed by atoms with Gasteiger partial charge in [0.2, 0.25) is 5.91 Å². The van der Waals surface area contributed by atoms with Gasteiger partial charge in [-0.1, -0.05) is 32.0 Å². The molecule has 1 amide bonds. The molecule has 0 aliphatic rings. The molecule has 1 atom stereocenters. The average Bonchev–Trinajstić information content (AvgIpc) is 2.35. The lowest BCUT2D eigenvalue weighted by molar-refractivity contribution is -0.140. The molecule has 0 bridgehead atoms. The Hall–Kier alpha value is -1.84. The first-order valence-electron chi connectivity index (χ1n) is 6.47. The van der Waals surface area contributed by atoms with Crippen LogP contribution in [0.2, 0.25) is 0 Å². The molecular weight excluding hydrogens is 242 g/mol. The highest BCUT2D eigenvalue weighted by molar-refractivity contribution is 5.95. The summed E-state index contributed by atoms with van der Waals surface area (Å²) in [4.78, 5) is 24.7. The number of carbonyl (C=O) groups excluding carboxylic acids is 1. The second kappa shape index (κ2) is 6.36. The molecule has 0 fully saturated rings. The average molecular weight is 263 g/mol. The number of carbonyl (C=O) groups is 2. The minimum absolute atomic E-state index is 0.0505. The minimum atomic E-state index is -0.889. The molecule has 0 aliphatic carbocycles. The number of carboxylic acids is 1. The van der Waals surface area contributed by atoms with Gasteiger partial charge in [0, 0.05) is 18.7 Å². The van der Waals surface area contributed by atoms with E-state index in [-0.39, 0.29) is 12.5 Å². The molecule has 1 aromatic rings. The second-order valence-electron chi connectivity index (χ2n) is 4.84. The molecule has 104 valence electrons. The van der Waals surface area contributed by atoms with Crippen LogP contribution in [0.4, 0.5) is 5.69 Å². The Morgan fingerprint density at radius 2 is 1.79 bits per heavy atom. The number of aryl methyl sites for hydroxylation is 2. The van der Waals surface area contributed by atoms with Crippen molar-refractivity contribution in [3.05, 3.63) is 29.3 Å². The third-order valence-electron chi connectivity index (χ3n) is 3.19. The number of hydrogen-bond acceptors (Lipinski definition) is 2. The largest absolute Gasteiger partial charge is 0.481 e. The molecule has 1 rings (SSSR count). The summed E-state index contributed by atoms with van der Waals surface area (Å²) in [6, 6.07) is 5.80. The van der Waals surface area contributed by atoms with Crippen molar-refractivity contribution in [3.8, 4) is 0 Å². The summed E-state index contributed by atoms with van der Waals surface area (Å²) in [7, 11) is 0. The Bertz CT molecular complexity index is 462. The van der Waals surface area contributed by atoms with Crippen molar-refractivity contribution >= 4 is 17.6 Å². The van der Waals surface area contributed by atoms with Crippen LogP contribution in [0.25, 0.3) is 0 Å². The van der Waals surface area contributed by atoms with Gasteiger partial charge in [-0.05, 0) is 25.0 Å². The van der Waals surface area contributed by atoms with Gasteiger partial charge in [0.1, 0.15) is 0 Å². The lowest BCUT2D eigenvalue weighted by Gasteiger charge is -2.27. The molecule has 0 saturated carbocycles. The van der Waals surface area contributed by atoms with E-state index >= 15 is 0 Å². The molecule has 0 aliphatic heterocycles. The molecule has 4 nitrogen and oxygen atoms in total. The van der Waals surface area contributed by atoms with E-state index in [1.807, 2.05) is 32.0 Å². The lowest BCUT2D eigenvalue weighted by Crippen LogP contribution is -2.37. The first-order chi connectivity index (χ1) is 8.88. The molecule has 1 unspecified atom stereocenters. The van der Waals surface area contributed by atoms with E-state index in [0.717, 1.165) is 16.8 Å². The Kier molecular flexibility index (Phi) is 5.10. The zero-order valence-electron chi connectivity index (χ0n) is 11.9. The van der Waals surface area contributed by atoms with Gasteiger partial charge in [0.25, 0.3) is 0 Å². The molecule has 1 N–H and O–H groups in total. The van der Waals surface area contributed by atoms with Crippen LogP contribution in [0.5, 0.6) is 0 Å². The maximum atomic E-state index is 12.1. The predicted molar refractivity (Wildman–Crippen MR) is 75.4 cm³/mol. The second-order valence-corrected chi connectivity index (χ2v) is 4.84. The topological polar surface area (TPSA) is 57.6 Å². The Morgan fingerprint density at radius 3 is 2.21 bits per heavy atom. The molecule has 0 radical (unpaired) electrons. The number of nitrogens with zero attached hydrogens (tertiary/aromatic N) is 1. The highest BCUT2D eigenvalue weighted by Gasteiger charge is 2.23. The first-order valence-corrected chi connectivity index (χ1v) is 6.47. The SMILES string of the molecule is CCC(=O)N(CC(C)C(=O)O)c1c(C)cccc1C. The maximum absolute atomic E-state index is 12.1. The van der Waals surface area contributed by atoms with E-state index in [1.54, 1.807) is 18.7 Å². The fourth-order valence-electron chi connectivity index (χ4n) is 2.09. The highest BCUT2D eigenvalue weighted by Crippen LogP contribution is 2.26. The Morgan fingerprint density at radius 1 is 1.26 bits per heavy atom. The van der Waals surface area contributed by atoms with E-state index in [4.69, 9.17) is 5.11 Å². The number of rotatable bonds is 5. The zero-order chi connectivity index (χ0) is 14.6. The van der Waals surface area contributed by atoms with Crippen LogP contribution in [-0.4, -0.2) is 23.5 Å². The van der Waals surface area contributed by atoms with Crippen molar-refractivity contribution in [2.75, 3.05) is 11.4 Å². The van der Waals surface area contributed by atoms with E-state index in [2.05, 4.69) is 0 Å². The van der Waals surface area contributed by atoms with E-state index < -0.39 is 11.9 Å². The van der Waals surface area contributed by atoms with Gasteiger partial charge >= 0.3 is 5.97 Å². The summed E-state index contributed by atoms with van der Waals surface area (Å²) < 4.78 is 0. The van der Waals surface area contributed by atoms with Gasteiger partial charge in [-0.2, -0.15) is 0 Å². The molecular formula is C15H21NO3. The van der Waals surface area contributed by atoms with Gasteiger partial charge in [0.15, 0.2) is 0 Å². The fourth-order valence-corrected chi connectivity index (χ4v) is 2.09. The number of aliphatic carboxylic acids is 1. The van der Waals surface area contributed by atoms with Crippen molar-refractivity contribution in [3.63, 3.8) is 0 Å². The molecule has 0 aromatic heterocycles. The number of hydrogen-bond donors (Lipinski definition) is 1. The summed E-state index contributed by atoms with van der Waals surface area (Å²) in [6.45, 7) is 7.47. The standard InChI is InChI=1S/C15H21NO3/c1-5-13(17)16(9-12(4)15(18)19)14-10(2)7-6-8-11(14)3/h6-8,12H,5,9H2,1-4H3,(H,18,19). The molecule has 4 heteroatoms. The third kappa shape index (κ3) is 3.56. The summed E-state index contributed by atoms with van der Waals surface area (Å²) in [6.07, 6.45) is 0.361. The normalized spacial score (nSPS) is 12.0. The van der Waals surface area contributed by atoms with Crippen LogP contribution >= 0.6 is 0 Å². The smallest absolute Gasteiger partial charge is 0.308 e. The molecule has 0 saturated heterocycles. The molecule has 1 aromatic carbocycles. The van der Waals surface area contributed by atoms with Crippen LogP contribution in [0.1, 0.15) is 31.4 Å². The quantitative estimate of drug-likeness (QED) is 0.888. The molecule has 19 heavy (non-hydrogen) atoms. The zero-order valence-corrected chi connectivity index (χ0v) is 11.9. The molecule has 0 spiro atoms. The first kappa shape index (κ1) is 15.2. The Balaban J connectivity index is 3.17. The van der Waals surface area contributed by atoms with Crippen molar-refractivity contribution in [1.82, 2.24) is 0 Å². The number of para-hydroxylation sites is 1. The summed E-state index contributed by atoms with van der Waals surface area (Å²) in [5, 5.41) is 9.03. The van der Waals surface area contributed by atoms with Crippen LogP contribution in [0.3, 0.4) is 0 Å². The lowest BCUT2D eigenvalue weighted by atomic mass is 10.1. The van der Waals surface area contributed by atoms with Crippen LogP contribution < -0.4 is 4.90 Å². The predicted octanol–water partition coefficient (Wildman–Crippen LogP) is 2.77. The number of carboxylic acid groups (broad SMARTS) is 1. The van der Waals surface area contributed by atoms with Crippen molar-refractivity contribution in [2.24, 2.45) is 5.92 Å². The third-order valence-corrected chi connectivity index (χ3v) is 3.19. The number of benzene rings is 1. The van der Waals surface area contributed by atoms with Gasteiger partial charge in [-0.15, -0.1) is 0 Å². The maximum Gasteiger partial charge on any atom is 0.308 e. The summed E-state index contributed by atoms with van der Waals surface area (Å²) in [5.74, 6) is -1.53. The van der Waals surface area contributed by atoms with Crippen molar-refractivity contribution in [1.29, 1.82) is 0 Å². The van der Waals surface area contributed by atoms with Gasteiger partial charge in [0.05, 0.1) is 5.92 Å². The number of anilines is 1. The van der Waals surface area contributed by atoms with Crippen LogP contribution in [0.15, 0.2) is 18.2 Å². The molecule has 0 heterocycles. The van der Waals surface area contributed by atoms with Crippen LogP contribution in [0, 0.1) is 19.8 Å². The van der Waals surface area contributed by atoms with Gasteiger partial charge < -0.3 is 10.0 Å². The van der Waals surface area contributed by atoms with E-state index in [0.29, 0.717) is 6.42 Å². The highest BCUT2D eigenvalue weighted by atomic mass is 16.4. The monoisotopic (exact) mass is 263 g/mol. The van der Waals surface area contributed by atoms with Crippen molar-refractivity contribution in [2.45, 2.75) is 34.1 Å². The fraction of sp³-hybridized carbons (Fsp3) is 0.467. The minimum Gasteiger partial charge on any atom is -0.481 e.